The summed E-state index contributed by atoms with van der Waals surface area (Å²) in [4.78, 5) is 11.8. The first-order valence-electron chi connectivity index (χ1n) is 7.47. The van der Waals surface area contributed by atoms with E-state index in [2.05, 4.69) is 15.5 Å². The Balaban J connectivity index is 1.48. The van der Waals surface area contributed by atoms with Gasteiger partial charge < -0.3 is 9.47 Å². The number of amides is 1. The molecule has 0 saturated heterocycles. The summed E-state index contributed by atoms with van der Waals surface area (Å²) in [6.07, 6.45) is -2.72. The van der Waals surface area contributed by atoms with Crippen LogP contribution in [0, 0.1) is 0 Å². The number of nitrogens with one attached hydrogen (secondary N) is 1. The lowest BCUT2D eigenvalue weighted by Gasteiger charge is -2.08. The van der Waals surface area contributed by atoms with Crippen molar-refractivity contribution in [3.8, 4) is 17.2 Å². The van der Waals surface area contributed by atoms with Crippen molar-refractivity contribution in [2.45, 2.75) is 6.43 Å². The van der Waals surface area contributed by atoms with E-state index in [4.69, 9.17) is 9.47 Å². The van der Waals surface area contributed by atoms with E-state index < -0.39 is 17.3 Å². The summed E-state index contributed by atoms with van der Waals surface area (Å²) in [7, 11) is 0. The summed E-state index contributed by atoms with van der Waals surface area (Å²) in [5.41, 5.74) is 0. The molecule has 1 aromatic heterocycles. The Morgan fingerprint density at radius 3 is 2.31 bits per heavy atom. The minimum Gasteiger partial charge on any atom is -0.484 e. The van der Waals surface area contributed by atoms with Crippen LogP contribution >= 0.6 is 11.3 Å². The summed E-state index contributed by atoms with van der Waals surface area (Å²) in [6, 6.07) is 16.0. The van der Waals surface area contributed by atoms with Crippen LogP contribution in [0.2, 0.25) is 0 Å². The van der Waals surface area contributed by atoms with E-state index in [-0.39, 0.29) is 11.7 Å². The van der Waals surface area contributed by atoms with Crippen LogP contribution in [0.25, 0.3) is 0 Å². The molecule has 9 heteroatoms. The van der Waals surface area contributed by atoms with Gasteiger partial charge in [0.2, 0.25) is 5.13 Å². The van der Waals surface area contributed by atoms with Gasteiger partial charge in [0.25, 0.3) is 12.3 Å². The molecule has 6 nitrogen and oxygen atoms in total. The number of nitrogens with zero attached hydrogens (tertiary/aromatic N) is 2. The van der Waals surface area contributed by atoms with Gasteiger partial charge in [-0.2, -0.15) is 0 Å². The summed E-state index contributed by atoms with van der Waals surface area (Å²) in [5.74, 6) is 1.28. The molecule has 0 bridgehead atoms. The number of hydrogen-bond acceptors (Lipinski definition) is 6. The number of rotatable bonds is 7. The molecule has 3 aromatic rings. The van der Waals surface area contributed by atoms with Crippen LogP contribution in [0.5, 0.6) is 17.2 Å². The van der Waals surface area contributed by atoms with Crippen molar-refractivity contribution in [2.75, 3.05) is 11.9 Å². The third-order valence-electron chi connectivity index (χ3n) is 3.05. The second kappa shape index (κ2) is 8.34. The minimum absolute atomic E-state index is 0.000471. The fourth-order valence-electron chi connectivity index (χ4n) is 1.91. The third kappa shape index (κ3) is 4.96. The Hall–Kier alpha value is -3.07. The summed E-state index contributed by atoms with van der Waals surface area (Å²) in [5, 5.41) is 8.65. The average Bonchev–Trinajstić information content (AvgIpc) is 3.11. The Labute approximate surface area is 151 Å². The first kappa shape index (κ1) is 17.7. The largest absolute Gasteiger partial charge is 0.484 e. The molecule has 1 amide bonds. The van der Waals surface area contributed by atoms with E-state index >= 15 is 0 Å². The van der Waals surface area contributed by atoms with Crippen molar-refractivity contribution in [3.05, 3.63) is 59.6 Å². The van der Waals surface area contributed by atoms with Crippen molar-refractivity contribution in [1.82, 2.24) is 10.2 Å². The molecule has 2 aromatic carbocycles. The average molecular weight is 377 g/mol. The number of anilines is 1. The second-order valence-corrected chi connectivity index (χ2v) is 5.98. The normalized spacial score (nSPS) is 10.6. The maximum atomic E-state index is 12.4. The molecule has 0 fully saturated rings. The zero-order valence-corrected chi connectivity index (χ0v) is 14.1. The van der Waals surface area contributed by atoms with Crippen LogP contribution in [0.4, 0.5) is 13.9 Å². The highest BCUT2D eigenvalue weighted by molar-refractivity contribution is 7.15. The first-order chi connectivity index (χ1) is 12.6. The molecule has 3 rings (SSSR count). The number of carbonyl (C=O) groups is 1. The Bertz CT molecular complexity index is 857. The maximum absolute atomic E-state index is 12.4. The van der Waals surface area contributed by atoms with Gasteiger partial charge >= 0.3 is 0 Å². The van der Waals surface area contributed by atoms with Gasteiger partial charge in [0.1, 0.15) is 17.2 Å². The molecule has 26 heavy (non-hydrogen) atoms. The van der Waals surface area contributed by atoms with Gasteiger partial charge in [-0.3, -0.25) is 10.1 Å². The van der Waals surface area contributed by atoms with E-state index in [0.717, 1.165) is 0 Å². The number of alkyl halides is 2. The quantitative estimate of drug-likeness (QED) is 0.665. The molecule has 0 aliphatic rings. The molecular weight excluding hydrogens is 364 g/mol. The van der Waals surface area contributed by atoms with E-state index in [0.29, 0.717) is 28.6 Å². The summed E-state index contributed by atoms with van der Waals surface area (Å²) in [6.45, 7) is -0.289. The fourth-order valence-corrected chi connectivity index (χ4v) is 2.52. The topological polar surface area (TPSA) is 73.3 Å². The Morgan fingerprint density at radius 2 is 1.65 bits per heavy atom. The lowest BCUT2D eigenvalue weighted by atomic mass is 10.3. The second-order valence-electron chi connectivity index (χ2n) is 4.97. The SMILES string of the molecule is O=C(COc1ccc(Oc2ccccc2)cc1)Nc1nnc(C(F)F)s1. The molecule has 1 N–H and O–H groups in total. The van der Waals surface area contributed by atoms with E-state index in [1.807, 2.05) is 30.3 Å². The molecular formula is C17H13F2N3O3S. The smallest absolute Gasteiger partial charge is 0.291 e. The van der Waals surface area contributed by atoms with Gasteiger partial charge in [-0.25, -0.2) is 8.78 Å². The zero-order chi connectivity index (χ0) is 18.4. The summed E-state index contributed by atoms with van der Waals surface area (Å²) < 4.78 is 35.8. The number of hydrogen-bond donors (Lipinski definition) is 1. The fraction of sp³-hybridized carbons (Fsp3) is 0.118. The molecule has 0 saturated carbocycles. The number of para-hydroxylation sites is 1. The van der Waals surface area contributed by atoms with Crippen molar-refractivity contribution < 1.29 is 23.0 Å². The standard InChI is InChI=1S/C17H13F2N3O3S/c18-15(19)16-21-22-17(26-16)20-14(23)10-24-11-6-8-13(9-7-11)25-12-4-2-1-3-5-12/h1-9,15H,10H2,(H,20,22,23). The molecule has 0 aliphatic carbocycles. The number of halogens is 2. The van der Waals surface area contributed by atoms with Gasteiger partial charge in [-0.1, -0.05) is 29.5 Å². The van der Waals surface area contributed by atoms with Crippen LogP contribution < -0.4 is 14.8 Å². The highest BCUT2D eigenvalue weighted by atomic mass is 32.1. The van der Waals surface area contributed by atoms with Crippen molar-refractivity contribution in [2.24, 2.45) is 0 Å². The van der Waals surface area contributed by atoms with Crippen LogP contribution in [0.1, 0.15) is 11.4 Å². The predicted octanol–water partition coefficient (Wildman–Crippen LogP) is 4.29. The molecule has 0 spiro atoms. The highest BCUT2D eigenvalue weighted by Gasteiger charge is 2.15. The minimum atomic E-state index is -2.72. The lowest BCUT2D eigenvalue weighted by Crippen LogP contribution is -2.20. The summed E-state index contributed by atoms with van der Waals surface area (Å²) >= 11 is 0.618. The van der Waals surface area contributed by atoms with Gasteiger partial charge in [-0.15, -0.1) is 10.2 Å². The molecule has 0 radical (unpaired) electrons. The molecule has 134 valence electrons. The van der Waals surface area contributed by atoms with E-state index in [1.165, 1.54) is 0 Å². The van der Waals surface area contributed by atoms with E-state index in [1.54, 1.807) is 24.3 Å². The molecule has 0 unspecified atom stereocenters. The van der Waals surface area contributed by atoms with Crippen LogP contribution in [-0.4, -0.2) is 22.7 Å². The van der Waals surface area contributed by atoms with Crippen molar-refractivity contribution in [1.29, 1.82) is 0 Å². The first-order valence-corrected chi connectivity index (χ1v) is 8.29. The lowest BCUT2D eigenvalue weighted by molar-refractivity contribution is -0.118. The number of ether oxygens (including phenoxy) is 2. The van der Waals surface area contributed by atoms with Crippen LogP contribution in [0.15, 0.2) is 54.6 Å². The number of benzene rings is 2. The van der Waals surface area contributed by atoms with Crippen molar-refractivity contribution in [3.63, 3.8) is 0 Å². The number of aromatic nitrogens is 2. The predicted molar refractivity (Wildman–Crippen MR) is 91.9 cm³/mol. The van der Waals surface area contributed by atoms with Crippen LogP contribution in [-0.2, 0) is 4.79 Å². The Kier molecular flexibility index (Phi) is 5.69. The molecule has 0 atom stereocenters. The zero-order valence-electron chi connectivity index (χ0n) is 13.3. The van der Waals surface area contributed by atoms with Gasteiger partial charge in [0.05, 0.1) is 0 Å². The maximum Gasteiger partial charge on any atom is 0.291 e. The Morgan fingerprint density at radius 1 is 1.00 bits per heavy atom. The highest BCUT2D eigenvalue weighted by Crippen LogP contribution is 2.25. The van der Waals surface area contributed by atoms with Crippen LogP contribution in [0.3, 0.4) is 0 Å². The number of carbonyl (C=O) groups excluding carboxylic acids is 1. The molecule has 1 heterocycles. The molecule has 0 aliphatic heterocycles. The van der Waals surface area contributed by atoms with Gasteiger partial charge in [0, 0.05) is 0 Å². The van der Waals surface area contributed by atoms with Gasteiger partial charge in [-0.05, 0) is 36.4 Å². The van der Waals surface area contributed by atoms with Crippen molar-refractivity contribution >= 4 is 22.4 Å². The van der Waals surface area contributed by atoms with E-state index in [9.17, 15) is 13.6 Å². The monoisotopic (exact) mass is 377 g/mol. The third-order valence-corrected chi connectivity index (χ3v) is 3.89. The van der Waals surface area contributed by atoms with Gasteiger partial charge in [0.15, 0.2) is 11.6 Å².